The Balaban J connectivity index is 2.40. The number of halogens is 1. The molecule has 0 aliphatic rings. The van der Waals surface area contributed by atoms with E-state index in [1.165, 1.54) is 0 Å². The Bertz CT molecular complexity index is 812. The maximum absolute atomic E-state index is 6.36. The molecule has 0 spiro atoms. The summed E-state index contributed by atoms with van der Waals surface area (Å²) in [5.74, 6) is 2.27. The molecule has 0 unspecified atom stereocenters. The lowest BCUT2D eigenvalue weighted by Crippen LogP contribution is -2.05. The van der Waals surface area contributed by atoms with Crippen molar-refractivity contribution in [3.63, 3.8) is 0 Å². The number of rotatable bonds is 9. The summed E-state index contributed by atoms with van der Waals surface area (Å²) < 4.78 is 13.4. The third-order valence-corrected chi connectivity index (χ3v) is 4.51. The Labute approximate surface area is 164 Å². The van der Waals surface area contributed by atoms with E-state index in [4.69, 9.17) is 33.3 Å². The van der Waals surface area contributed by atoms with Crippen LogP contribution in [0.4, 0.5) is 0 Å². The first kappa shape index (κ1) is 20.5. The summed E-state index contributed by atoms with van der Waals surface area (Å²) in [6, 6.07) is 3.64. The smallest absolute Gasteiger partial charge is 0.216 e. The monoisotopic (exact) mass is 396 g/mol. The number of nitrogens with zero attached hydrogens (tertiary/aromatic N) is 3. The molecule has 0 radical (unpaired) electrons. The number of benzene rings is 1. The van der Waals surface area contributed by atoms with Gasteiger partial charge >= 0.3 is 0 Å². The number of H-pyrrole nitrogens is 1. The second-order valence-electron chi connectivity index (χ2n) is 5.65. The second kappa shape index (κ2) is 9.73. The van der Waals surface area contributed by atoms with E-state index in [0.717, 1.165) is 24.2 Å². The molecule has 1 aromatic carbocycles. The first-order valence-electron chi connectivity index (χ1n) is 8.86. The molecule has 0 bridgehead atoms. The molecule has 0 fully saturated rings. The van der Waals surface area contributed by atoms with Gasteiger partial charge in [-0.3, -0.25) is 5.10 Å². The summed E-state index contributed by atoms with van der Waals surface area (Å²) in [7, 11) is 0. The van der Waals surface area contributed by atoms with E-state index in [1.807, 2.05) is 19.9 Å². The van der Waals surface area contributed by atoms with Gasteiger partial charge in [0.2, 0.25) is 4.77 Å². The first-order valence-corrected chi connectivity index (χ1v) is 9.64. The topological polar surface area (TPSA) is 64.4 Å². The number of ether oxygens (including phenoxy) is 2. The van der Waals surface area contributed by atoms with E-state index in [1.54, 1.807) is 17.0 Å². The van der Waals surface area contributed by atoms with Crippen molar-refractivity contribution in [1.29, 1.82) is 0 Å². The highest BCUT2D eigenvalue weighted by molar-refractivity contribution is 7.71. The fourth-order valence-corrected chi connectivity index (χ4v) is 3.13. The summed E-state index contributed by atoms with van der Waals surface area (Å²) in [5, 5.41) is 12.1. The molecule has 8 heteroatoms. The van der Waals surface area contributed by atoms with Crippen LogP contribution in [-0.2, 0) is 0 Å². The molecule has 1 N–H and O–H groups in total. The van der Waals surface area contributed by atoms with E-state index in [-0.39, 0.29) is 0 Å². The number of hydrogen-bond donors (Lipinski definition) is 1. The van der Waals surface area contributed by atoms with E-state index in [2.05, 4.69) is 29.1 Å². The summed E-state index contributed by atoms with van der Waals surface area (Å²) in [5.41, 5.74) is 0.792. The predicted molar refractivity (Wildman–Crippen MR) is 108 cm³/mol. The quantitative estimate of drug-likeness (QED) is 0.468. The Morgan fingerprint density at radius 1 is 1.23 bits per heavy atom. The zero-order valence-corrected chi connectivity index (χ0v) is 17.2. The van der Waals surface area contributed by atoms with Gasteiger partial charge in [-0.25, -0.2) is 0 Å². The Hall–Kier alpha value is -1.86. The van der Waals surface area contributed by atoms with Gasteiger partial charge in [-0.05, 0) is 56.6 Å². The van der Waals surface area contributed by atoms with Crippen molar-refractivity contribution in [1.82, 2.24) is 14.9 Å². The van der Waals surface area contributed by atoms with Crippen molar-refractivity contribution < 1.29 is 9.47 Å². The fraction of sp³-hybridized carbons (Fsp3) is 0.500. The average molecular weight is 397 g/mol. The van der Waals surface area contributed by atoms with Crippen LogP contribution in [0.1, 0.15) is 57.8 Å². The van der Waals surface area contributed by atoms with Crippen LogP contribution in [-0.4, -0.2) is 34.3 Å². The van der Waals surface area contributed by atoms with Crippen molar-refractivity contribution in [2.45, 2.75) is 46.5 Å². The molecule has 0 aliphatic carbocycles. The highest BCUT2D eigenvalue weighted by Crippen LogP contribution is 2.36. The van der Waals surface area contributed by atoms with Gasteiger partial charge in [-0.2, -0.15) is 14.9 Å². The van der Waals surface area contributed by atoms with Crippen LogP contribution >= 0.6 is 23.8 Å². The Morgan fingerprint density at radius 2 is 1.92 bits per heavy atom. The third-order valence-electron chi connectivity index (χ3n) is 3.97. The van der Waals surface area contributed by atoms with Gasteiger partial charge in [0.15, 0.2) is 17.3 Å². The van der Waals surface area contributed by atoms with Gasteiger partial charge in [0.25, 0.3) is 0 Å². The van der Waals surface area contributed by atoms with Gasteiger partial charge < -0.3 is 9.47 Å². The summed E-state index contributed by atoms with van der Waals surface area (Å²) in [6.07, 6.45) is 3.63. The minimum atomic E-state index is 0.294. The minimum Gasteiger partial charge on any atom is -0.490 e. The molecular weight excluding hydrogens is 372 g/mol. The minimum absolute atomic E-state index is 0.294. The van der Waals surface area contributed by atoms with Crippen LogP contribution in [0.3, 0.4) is 0 Å². The lowest BCUT2D eigenvalue weighted by molar-refractivity contribution is 0.288. The molecular formula is C18H25ClN4O2S. The van der Waals surface area contributed by atoms with Crippen molar-refractivity contribution in [3.05, 3.63) is 33.3 Å². The van der Waals surface area contributed by atoms with Gasteiger partial charge in [-0.1, -0.05) is 25.4 Å². The van der Waals surface area contributed by atoms with E-state index in [9.17, 15) is 0 Å². The maximum Gasteiger partial charge on any atom is 0.216 e. The summed E-state index contributed by atoms with van der Waals surface area (Å²) in [4.78, 5) is 0. The molecule has 2 aromatic rings. The fourth-order valence-electron chi connectivity index (χ4n) is 2.67. The van der Waals surface area contributed by atoms with Crippen LogP contribution in [0, 0.1) is 4.77 Å². The van der Waals surface area contributed by atoms with Crippen LogP contribution in [0.15, 0.2) is 17.2 Å². The summed E-state index contributed by atoms with van der Waals surface area (Å²) >= 11 is 11.7. The number of aromatic amines is 1. The van der Waals surface area contributed by atoms with Crippen molar-refractivity contribution in [2.24, 2.45) is 5.10 Å². The highest BCUT2D eigenvalue weighted by Gasteiger charge is 2.15. The SMILES string of the molecule is CCOc1cc(/C=N\n2c(C(CC)CC)n[nH]c2=S)cc(Cl)c1OCC. The number of aromatic nitrogens is 3. The average Bonchev–Trinajstić information content (AvgIpc) is 2.98. The van der Waals surface area contributed by atoms with Gasteiger partial charge in [0.1, 0.15) is 0 Å². The predicted octanol–water partition coefficient (Wildman–Crippen LogP) is 5.18. The maximum atomic E-state index is 6.36. The lowest BCUT2D eigenvalue weighted by atomic mass is 10.0. The second-order valence-corrected chi connectivity index (χ2v) is 6.45. The molecule has 1 aromatic heterocycles. The molecule has 0 saturated heterocycles. The Morgan fingerprint density at radius 3 is 2.54 bits per heavy atom. The lowest BCUT2D eigenvalue weighted by Gasteiger charge is -2.13. The van der Waals surface area contributed by atoms with Gasteiger partial charge in [0.05, 0.1) is 24.5 Å². The first-order chi connectivity index (χ1) is 12.5. The molecule has 0 saturated carbocycles. The zero-order chi connectivity index (χ0) is 19.1. The number of hydrogen-bond acceptors (Lipinski definition) is 5. The van der Waals surface area contributed by atoms with E-state index in [0.29, 0.717) is 40.4 Å². The molecule has 0 amide bonds. The van der Waals surface area contributed by atoms with Crippen LogP contribution in [0.2, 0.25) is 5.02 Å². The Kier molecular flexibility index (Phi) is 7.66. The molecule has 6 nitrogen and oxygen atoms in total. The molecule has 142 valence electrons. The van der Waals surface area contributed by atoms with Crippen LogP contribution in [0.25, 0.3) is 0 Å². The van der Waals surface area contributed by atoms with Crippen LogP contribution in [0.5, 0.6) is 11.5 Å². The van der Waals surface area contributed by atoms with Gasteiger partial charge in [0, 0.05) is 5.92 Å². The van der Waals surface area contributed by atoms with Crippen molar-refractivity contribution in [3.8, 4) is 11.5 Å². The molecule has 2 rings (SSSR count). The highest BCUT2D eigenvalue weighted by atomic mass is 35.5. The molecule has 26 heavy (non-hydrogen) atoms. The molecule has 0 aliphatic heterocycles. The normalized spacial score (nSPS) is 11.5. The third kappa shape index (κ3) is 4.65. The van der Waals surface area contributed by atoms with E-state index < -0.39 is 0 Å². The van der Waals surface area contributed by atoms with Crippen LogP contribution < -0.4 is 9.47 Å². The van der Waals surface area contributed by atoms with Crippen molar-refractivity contribution >= 4 is 30.0 Å². The summed E-state index contributed by atoms with van der Waals surface area (Å²) in [6.45, 7) is 9.10. The van der Waals surface area contributed by atoms with Crippen molar-refractivity contribution in [2.75, 3.05) is 13.2 Å². The molecule has 1 heterocycles. The standard InChI is InChI=1S/C18H25ClN4O2S/c1-5-13(6-2)17-21-22-18(26)23(17)20-11-12-9-14(19)16(25-8-4)15(10-12)24-7-3/h9-11,13H,5-8H2,1-4H3,(H,22,26)/b20-11-. The largest absolute Gasteiger partial charge is 0.490 e. The van der Waals surface area contributed by atoms with E-state index >= 15 is 0 Å². The zero-order valence-electron chi connectivity index (χ0n) is 15.6. The molecule has 0 atom stereocenters. The number of nitrogens with one attached hydrogen (secondary N) is 1. The van der Waals surface area contributed by atoms with Gasteiger partial charge in [-0.15, -0.1) is 0 Å².